The van der Waals surface area contributed by atoms with Crippen LogP contribution in [-0.4, -0.2) is 57.6 Å². The molecule has 0 bridgehead atoms. The first-order chi connectivity index (χ1) is 16.3. The van der Waals surface area contributed by atoms with Crippen LogP contribution in [0.4, 0.5) is 18.9 Å². The minimum absolute atomic E-state index is 0.0404. The van der Waals surface area contributed by atoms with E-state index in [0.717, 1.165) is 18.4 Å². The Bertz CT molecular complexity index is 1140. The average molecular weight is 516 g/mol. The molecule has 2 amide bonds. The Hall–Kier alpha value is -3.28. The minimum Gasteiger partial charge on any atom is -0.497 e. The molecule has 0 aliphatic heterocycles. The second kappa shape index (κ2) is 11.4. The highest BCUT2D eigenvalue weighted by Crippen LogP contribution is 2.32. The molecule has 35 heavy (non-hydrogen) atoms. The van der Waals surface area contributed by atoms with E-state index in [9.17, 15) is 31.2 Å². The predicted molar refractivity (Wildman–Crippen MR) is 125 cm³/mol. The van der Waals surface area contributed by atoms with Gasteiger partial charge in [-0.3, -0.25) is 13.9 Å². The molecular weight excluding hydrogens is 487 g/mol. The number of hydrogen-bond acceptors (Lipinski definition) is 5. The highest BCUT2D eigenvalue weighted by Gasteiger charge is 2.33. The van der Waals surface area contributed by atoms with Crippen LogP contribution < -0.4 is 14.4 Å². The van der Waals surface area contributed by atoms with Gasteiger partial charge in [0.2, 0.25) is 21.8 Å². The van der Waals surface area contributed by atoms with Crippen LogP contribution in [-0.2, 0) is 32.3 Å². The van der Waals surface area contributed by atoms with Crippen molar-refractivity contribution < 1.29 is 35.9 Å². The van der Waals surface area contributed by atoms with Gasteiger partial charge in [-0.2, -0.15) is 13.2 Å². The molecular formula is C23H28F3N3O5S. The molecule has 12 heteroatoms. The third kappa shape index (κ3) is 7.61. The van der Waals surface area contributed by atoms with E-state index in [1.807, 2.05) is 0 Å². The first-order valence-electron chi connectivity index (χ1n) is 10.6. The van der Waals surface area contributed by atoms with E-state index in [4.69, 9.17) is 4.74 Å². The summed E-state index contributed by atoms with van der Waals surface area (Å²) in [6.07, 6.45) is -3.90. The number of methoxy groups -OCH3 is 1. The summed E-state index contributed by atoms with van der Waals surface area (Å²) in [5, 5.41) is 2.61. The summed E-state index contributed by atoms with van der Waals surface area (Å²) in [5.41, 5.74) is -0.729. The fourth-order valence-electron chi connectivity index (χ4n) is 3.28. The zero-order valence-corrected chi connectivity index (χ0v) is 20.6. The van der Waals surface area contributed by atoms with Gasteiger partial charge < -0.3 is 15.0 Å². The molecule has 8 nitrogen and oxygen atoms in total. The zero-order valence-electron chi connectivity index (χ0n) is 19.8. The first kappa shape index (κ1) is 28.0. The zero-order chi connectivity index (χ0) is 26.4. The second-order valence-electron chi connectivity index (χ2n) is 7.76. The molecule has 0 aliphatic carbocycles. The minimum atomic E-state index is -4.70. The number of benzene rings is 2. The molecule has 2 aromatic rings. The summed E-state index contributed by atoms with van der Waals surface area (Å²) in [7, 11) is -2.65. The van der Waals surface area contributed by atoms with Crippen molar-refractivity contribution in [3.05, 3.63) is 59.7 Å². The number of alkyl halides is 3. The summed E-state index contributed by atoms with van der Waals surface area (Å²) in [6, 6.07) is 9.43. The van der Waals surface area contributed by atoms with Crippen LogP contribution in [0, 0.1) is 0 Å². The van der Waals surface area contributed by atoms with Gasteiger partial charge in [-0.1, -0.05) is 18.2 Å². The number of ether oxygens (including phenoxy) is 1. The van der Waals surface area contributed by atoms with Gasteiger partial charge in [-0.15, -0.1) is 0 Å². The lowest BCUT2D eigenvalue weighted by molar-refractivity contribution is -0.139. The molecule has 2 aromatic carbocycles. The summed E-state index contributed by atoms with van der Waals surface area (Å²) in [5.74, 6) is -0.641. The Morgan fingerprint density at radius 3 is 2.26 bits per heavy atom. The smallest absolute Gasteiger partial charge is 0.416 e. The van der Waals surface area contributed by atoms with Crippen molar-refractivity contribution in [2.45, 2.75) is 32.6 Å². The maximum Gasteiger partial charge on any atom is 0.416 e. The maximum absolute atomic E-state index is 13.3. The summed E-state index contributed by atoms with van der Waals surface area (Å²) < 4.78 is 70.2. The normalized spacial score (nSPS) is 12.5. The molecule has 0 fully saturated rings. The lowest BCUT2D eigenvalue weighted by atomic mass is 10.1. The molecule has 1 atom stereocenters. The number of carbonyl (C=O) groups excluding carboxylic acids is 2. The molecule has 0 saturated heterocycles. The van der Waals surface area contributed by atoms with E-state index in [1.54, 1.807) is 31.2 Å². The molecule has 0 aliphatic rings. The van der Waals surface area contributed by atoms with Crippen LogP contribution in [0.1, 0.15) is 25.0 Å². The molecule has 1 N–H and O–H groups in total. The second-order valence-corrected chi connectivity index (χ2v) is 9.66. The van der Waals surface area contributed by atoms with Crippen molar-refractivity contribution in [2.75, 3.05) is 30.8 Å². The molecule has 0 saturated carbocycles. The molecule has 0 unspecified atom stereocenters. The Morgan fingerprint density at radius 2 is 1.74 bits per heavy atom. The summed E-state index contributed by atoms with van der Waals surface area (Å²) in [6.45, 7) is 2.68. The predicted octanol–water partition coefficient (Wildman–Crippen LogP) is 3.03. The van der Waals surface area contributed by atoms with E-state index >= 15 is 0 Å². The van der Waals surface area contributed by atoms with Crippen LogP contribution >= 0.6 is 0 Å². The van der Waals surface area contributed by atoms with Crippen molar-refractivity contribution >= 4 is 27.5 Å². The van der Waals surface area contributed by atoms with Crippen molar-refractivity contribution in [1.29, 1.82) is 0 Å². The summed E-state index contributed by atoms with van der Waals surface area (Å²) in [4.78, 5) is 27.0. The lowest BCUT2D eigenvalue weighted by Crippen LogP contribution is -2.51. The van der Waals surface area contributed by atoms with Gasteiger partial charge in [0.1, 0.15) is 18.3 Å². The number of nitrogens with zero attached hydrogens (tertiary/aromatic N) is 2. The average Bonchev–Trinajstić information content (AvgIpc) is 2.79. The number of sulfonamides is 1. The standard InChI is InChI=1S/C23H28F3N3O5S/c1-5-27-22(31)16(2)28(14-17-9-11-20(34-3)12-10-17)21(30)15-29(35(4,32)33)19-8-6-7-18(13-19)23(24,25)26/h6-13,16H,5,14-15H2,1-4H3,(H,27,31)/t16-/m0/s1. The van der Waals surface area contributed by atoms with E-state index in [-0.39, 0.29) is 12.2 Å². The van der Waals surface area contributed by atoms with Crippen LogP contribution in [0.25, 0.3) is 0 Å². The van der Waals surface area contributed by atoms with Gasteiger partial charge >= 0.3 is 6.18 Å². The quantitative estimate of drug-likeness (QED) is 0.525. The molecule has 0 radical (unpaired) electrons. The highest BCUT2D eigenvalue weighted by molar-refractivity contribution is 7.92. The number of likely N-dealkylation sites (N-methyl/N-ethyl adjacent to an activating group) is 1. The van der Waals surface area contributed by atoms with Crippen molar-refractivity contribution in [3.8, 4) is 5.75 Å². The molecule has 192 valence electrons. The maximum atomic E-state index is 13.3. The number of nitrogens with one attached hydrogen (secondary N) is 1. The van der Waals surface area contributed by atoms with Crippen LogP contribution in [0.15, 0.2) is 48.5 Å². The van der Waals surface area contributed by atoms with Crippen LogP contribution in [0.3, 0.4) is 0 Å². The Morgan fingerprint density at radius 1 is 1.11 bits per heavy atom. The Kier molecular flexibility index (Phi) is 9.13. The van der Waals surface area contributed by atoms with E-state index < -0.39 is 46.2 Å². The summed E-state index contributed by atoms with van der Waals surface area (Å²) >= 11 is 0. The molecule has 0 heterocycles. The van der Waals surface area contributed by atoms with Crippen molar-refractivity contribution in [3.63, 3.8) is 0 Å². The number of amides is 2. The van der Waals surface area contributed by atoms with E-state index in [0.29, 0.717) is 28.2 Å². The van der Waals surface area contributed by atoms with Gasteiger partial charge in [0.15, 0.2) is 0 Å². The first-order valence-corrected chi connectivity index (χ1v) is 12.5. The fraction of sp³-hybridized carbons (Fsp3) is 0.391. The molecule has 0 spiro atoms. The fourth-order valence-corrected chi connectivity index (χ4v) is 4.12. The van der Waals surface area contributed by atoms with E-state index in [1.165, 1.54) is 25.0 Å². The Labute approximate surface area is 202 Å². The highest BCUT2D eigenvalue weighted by atomic mass is 32.2. The number of carbonyl (C=O) groups is 2. The number of rotatable bonds is 10. The monoisotopic (exact) mass is 515 g/mol. The van der Waals surface area contributed by atoms with Gasteiger partial charge in [-0.05, 0) is 49.7 Å². The number of halogens is 3. The Balaban J connectivity index is 2.42. The third-order valence-electron chi connectivity index (χ3n) is 5.17. The SMILES string of the molecule is CCNC(=O)[C@H](C)N(Cc1ccc(OC)cc1)C(=O)CN(c1cccc(C(F)(F)F)c1)S(C)(=O)=O. The number of anilines is 1. The van der Waals surface area contributed by atoms with Gasteiger partial charge in [0, 0.05) is 13.1 Å². The van der Waals surface area contributed by atoms with Gasteiger partial charge in [0.05, 0.1) is 24.6 Å². The molecule has 2 rings (SSSR count). The van der Waals surface area contributed by atoms with Crippen molar-refractivity contribution in [2.24, 2.45) is 0 Å². The number of hydrogen-bond donors (Lipinski definition) is 1. The molecule has 0 aromatic heterocycles. The topological polar surface area (TPSA) is 96.0 Å². The van der Waals surface area contributed by atoms with E-state index in [2.05, 4.69) is 5.32 Å². The lowest BCUT2D eigenvalue weighted by Gasteiger charge is -2.31. The van der Waals surface area contributed by atoms with Crippen molar-refractivity contribution in [1.82, 2.24) is 10.2 Å². The largest absolute Gasteiger partial charge is 0.497 e. The van der Waals surface area contributed by atoms with Gasteiger partial charge in [-0.25, -0.2) is 8.42 Å². The van der Waals surface area contributed by atoms with Crippen LogP contribution in [0.5, 0.6) is 5.75 Å². The van der Waals surface area contributed by atoms with Gasteiger partial charge in [0.25, 0.3) is 0 Å². The third-order valence-corrected chi connectivity index (χ3v) is 6.31. The van der Waals surface area contributed by atoms with Crippen LogP contribution in [0.2, 0.25) is 0 Å².